The Kier molecular flexibility index (Phi) is 5.98. The van der Waals surface area contributed by atoms with Crippen LogP contribution in [0.25, 0.3) is 0 Å². The average molecular weight is 239 g/mol. The van der Waals surface area contributed by atoms with E-state index in [0.717, 1.165) is 12.1 Å². The Labute approximate surface area is 103 Å². The van der Waals surface area contributed by atoms with E-state index >= 15 is 0 Å². The molecule has 0 fully saturated rings. The fourth-order valence-electron chi connectivity index (χ4n) is 1.76. The Morgan fingerprint density at radius 3 is 2.76 bits per heavy atom. The number of hydrogen-bond donors (Lipinski definition) is 1. The van der Waals surface area contributed by atoms with E-state index in [1.165, 1.54) is 32.4 Å². The summed E-state index contributed by atoms with van der Waals surface area (Å²) in [6, 6.07) is 5.24. The van der Waals surface area contributed by atoms with E-state index in [-0.39, 0.29) is 11.9 Å². The molecule has 0 bridgehead atoms. The summed E-state index contributed by atoms with van der Waals surface area (Å²) in [5, 5.41) is 3.43. The Hall–Kier alpha value is -1.09. The molecule has 0 aliphatic carbocycles. The molecule has 0 saturated heterocycles. The SMILES string of the molecule is CCCCCNC(C)c1ccc(F)c(OC)c1. The first-order valence-electron chi connectivity index (χ1n) is 6.25. The van der Waals surface area contributed by atoms with Gasteiger partial charge >= 0.3 is 0 Å². The molecule has 0 spiro atoms. The predicted molar refractivity (Wildman–Crippen MR) is 68.9 cm³/mol. The number of hydrogen-bond acceptors (Lipinski definition) is 2. The first kappa shape index (κ1) is 14.0. The summed E-state index contributed by atoms with van der Waals surface area (Å²) in [5.41, 5.74) is 1.06. The summed E-state index contributed by atoms with van der Waals surface area (Å²) in [7, 11) is 1.49. The van der Waals surface area contributed by atoms with Gasteiger partial charge in [-0.1, -0.05) is 25.8 Å². The van der Waals surface area contributed by atoms with Crippen LogP contribution in [0, 0.1) is 5.82 Å². The highest BCUT2D eigenvalue weighted by atomic mass is 19.1. The van der Waals surface area contributed by atoms with E-state index in [1.807, 2.05) is 0 Å². The van der Waals surface area contributed by atoms with Gasteiger partial charge in [0.15, 0.2) is 11.6 Å². The number of unbranched alkanes of at least 4 members (excludes halogenated alkanes) is 2. The van der Waals surface area contributed by atoms with Crippen molar-refractivity contribution in [3.05, 3.63) is 29.6 Å². The lowest BCUT2D eigenvalue weighted by molar-refractivity contribution is 0.385. The van der Waals surface area contributed by atoms with Gasteiger partial charge in [-0.2, -0.15) is 0 Å². The van der Waals surface area contributed by atoms with Gasteiger partial charge in [0, 0.05) is 6.04 Å². The van der Waals surface area contributed by atoms with Gasteiger partial charge in [-0.05, 0) is 37.6 Å². The second kappa shape index (κ2) is 7.28. The summed E-state index contributed by atoms with van der Waals surface area (Å²) in [6.07, 6.45) is 3.64. The number of benzene rings is 1. The largest absolute Gasteiger partial charge is 0.494 e. The zero-order valence-corrected chi connectivity index (χ0v) is 10.9. The Morgan fingerprint density at radius 1 is 1.35 bits per heavy atom. The molecule has 3 heteroatoms. The summed E-state index contributed by atoms with van der Waals surface area (Å²) >= 11 is 0. The van der Waals surface area contributed by atoms with E-state index in [1.54, 1.807) is 12.1 Å². The lowest BCUT2D eigenvalue weighted by atomic mass is 10.1. The Morgan fingerprint density at radius 2 is 2.12 bits per heavy atom. The summed E-state index contributed by atoms with van der Waals surface area (Å²) < 4.78 is 18.2. The van der Waals surface area contributed by atoms with Crippen molar-refractivity contribution in [2.45, 2.75) is 39.2 Å². The first-order chi connectivity index (χ1) is 8.19. The first-order valence-corrected chi connectivity index (χ1v) is 6.25. The molecular weight excluding hydrogens is 217 g/mol. The molecule has 0 amide bonds. The third-order valence-corrected chi connectivity index (χ3v) is 2.91. The molecule has 0 aromatic heterocycles. The third kappa shape index (κ3) is 4.35. The van der Waals surface area contributed by atoms with Gasteiger partial charge in [0.25, 0.3) is 0 Å². The van der Waals surface area contributed by atoms with Crippen molar-refractivity contribution in [2.75, 3.05) is 13.7 Å². The molecule has 1 rings (SSSR count). The van der Waals surface area contributed by atoms with Crippen LogP contribution in [0.5, 0.6) is 5.75 Å². The second-order valence-corrected chi connectivity index (χ2v) is 4.28. The molecule has 1 aromatic carbocycles. The molecule has 2 nitrogen and oxygen atoms in total. The molecule has 0 aliphatic heterocycles. The number of nitrogens with one attached hydrogen (secondary N) is 1. The number of ether oxygens (including phenoxy) is 1. The van der Waals surface area contributed by atoms with Crippen molar-refractivity contribution < 1.29 is 9.13 Å². The quantitative estimate of drug-likeness (QED) is 0.733. The minimum absolute atomic E-state index is 0.223. The van der Waals surface area contributed by atoms with Crippen LogP contribution < -0.4 is 10.1 Å². The highest BCUT2D eigenvalue weighted by Crippen LogP contribution is 2.22. The zero-order chi connectivity index (χ0) is 12.7. The van der Waals surface area contributed by atoms with Crippen LogP contribution in [0.2, 0.25) is 0 Å². The molecular formula is C14H22FNO. The van der Waals surface area contributed by atoms with E-state index in [4.69, 9.17) is 4.74 Å². The molecule has 1 unspecified atom stereocenters. The van der Waals surface area contributed by atoms with Crippen LogP contribution in [0.4, 0.5) is 4.39 Å². The standard InChI is InChI=1S/C14H22FNO/c1-4-5-6-9-16-11(2)12-7-8-13(15)14(10-12)17-3/h7-8,10-11,16H,4-6,9H2,1-3H3. The fraction of sp³-hybridized carbons (Fsp3) is 0.571. The highest BCUT2D eigenvalue weighted by molar-refractivity contribution is 5.31. The maximum atomic E-state index is 13.2. The molecule has 17 heavy (non-hydrogen) atoms. The Balaban J connectivity index is 2.53. The van der Waals surface area contributed by atoms with E-state index in [2.05, 4.69) is 19.2 Å². The van der Waals surface area contributed by atoms with E-state index in [0.29, 0.717) is 5.75 Å². The monoisotopic (exact) mass is 239 g/mol. The lowest BCUT2D eigenvalue weighted by Crippen LogP contribution is -2.19. The van der Waals surface area contributed by atoms with Crippen LogP contribution in [0.15, 0.2) is 18.2 Å². The van der Waals surface area contributed by atoms with Gasteiger partial charge in [-0.3, -0.25) is 0 Å². The second-order valence-electron chi connectivity index (χ2n) is 4.28. The third-order valence-electron chi connectivity index (χ3n) is 2.91. The van der Waals surface area contributed by atoms with Crippen molar-refractivity contribution in [1.82, 2.24) is 5.32 Å². The van der Waals surface area contributed by atoms with Gasteiger partial charge in [0.1, 0.15) is 0 Å². The molecule has 96 valence electrons. The van der Waals surface area contributed by atoms with Gasteiger partial charge in [0.2, 0.25) is 0 Å². The highest BCUT2D eigenvalue weighted by Gasteiger charge is 2.08. The Bertz CT molecular complexity index is 341. The predicted octanol–water partition coefficient (Wildman–Crippen LogP) is 3.68. The van der Waals surface area contributed by atoms with Crippen molar-refractivity contribution in [1.29, 1.82) is 0 Å². The minimum Gasteiger partial charge on any atom is -0.494 e. The summed E-state index contributed by atoms with van der Waals surface area (Å²) in [4.78, 5) is 0. The topological polar surface area (TPSA) is 21.3 Å². The number of halogens is 1. The van der Waals surface area contributed by atoms with Crippen molar-refractivity contribution in [3.8, 4) is 5.75 Å². The molecule has 1 aromatic rings. The zero-order valence-electron chi connectivity index (χ0n) is 10.9. The van der Waals surface area contributed by atoms with Gasteiger partial charge in [-0.25, -0.2) is 4.39 Å². The number of rotatable bonds is 7. The molecule has 1 atom stereocenters. The van der Waals surface area contributed by atoms with Crippen LogP contribution in [0.1, 0.15) is 44.7 Å². The lowest BCUT2D eigenvalue weighted by Gasteiger charge is -2.15. The maximum Gasteiger partial charge on any atom is 0.165 e. The van der Waals surface area contributed by atoms with Crippen LogP contribution in [-0.4, -0.2) is 13.7 Å². The van der Waals surface area contributed by atoms with Gasteiger partial charge in [0.05, 0.1) is 7.11 Å². The molecule has 0 saturated carbocycles. The smallest absolute Gasteiger partial charge is 0.165 e. The van der Waals surface area contributed by atoms with Crippen molar-refractivity contribution >= 4 is 0 Å². The molecule has 0 radical (unpaired) electrons. The molecule has 0 heterocycles. The maximum absolute atomic E-state index is 13.2. The summed E-state index contributed by atoms with van der Waals surface area (Å²) in [5.74, 6) is -0.000795. The van der Waals surface area contributed by atoms with E-state index < -0.39 is 0 Å². The minimum atomic E-state index is -0.311. The van der Waals surface area contributed by atoms with E-state index in [9.17, 15) is 4.39 Å². The van der Waals surface area contributed by atoms with Crippen LogP contribution in [-0.2, 0) is 0 Å². The van der Waals surface area contributed by atoms with Crippen molar-refractivity contribution in [2.24, 2.45) is 0 Å². The number of methoxy groups -OCH3 is 1. The average Bonchev–Trinajstić information content (AvgIpc) is 2.35. The molecule has 0 aliphatic rings. The molecule has 1 N–H and O–H groups in total. The van der Waals surface area contributed by atoms with Crippen molar-refractivity contribution in [3.63, 3.8) is 0 Å². The van der Waals surface area contributed by atoms with Crippen LogP contribution >= 0.6 is 0 Å². The summed E-state index contributed by atoms with van der Waals surface area (Å²) in [6.45, 7) is 5.27. The van der Waals surface area contributed by atoms with Gasteiger partial charge in [-0.15, -0.1) is 0 Å². The normalized spacial score (nSPS) is 12.5. The van der Waals surface area contributed by atoms with Gasteiger partial charge < -0.3 is 10.1 Å². The fourth-order valence-corrected chi connectivity index (χ4v) is 1.76. The van der Waals surface area contributed by atoms with Crippen LogP contribution in [0.3, 0.4) is 0 Å².